The van der Waals surface area contributed by atoms with Gasteiger partial charge in [-0.05, 0) is 47.9 Å². The zero-order valence-corrected chi connectivity index (χ0v) is 15.6. The summed E-state index contributed by atoms with van der Waals surface area (Å²) in [6.45, 7) is 0.790. The number of aromatic nitrogens is 1. The number of benzene rings is 2. The van der Waals surface area contributed by atoms with Gasteiger partial charge in [0.25, 0.3) is 0 Å². The van der Waals surface area contributed by atoms with Gasteiger partial charge in [0.05, 0.1) is 5.56 Å². The van der Waals surface area contributed by atoms with Crippen molar-refractivity contribution in [2.45, 2.75) is 19.1 Å². The molecule has 29 heavy (non-hydrogen) atoms. The molecule has 3 aromatic rings. The minimum Gasteiger partial charge on any atom is -0.320 e. The highest BCUT2D eigenvalue weighted by Gasteiger charge is 2.30. The van der Waals surface area contributed by atoms with E-state index in [1.807, 2.05) is 36.4 Å². The average molecular weight is 399 g/mol. The highest BCUT2D eigenvalue weighted by Crippen LogP contribution is 2.29. The van der Waals surface area contributed by atoms with E-state index in [1.165, 1.54) is 12.1 Å². The first kappa shape index (κ1) is 20.4. The molecule has 1 aromatic heterocycles. The Morgan fingerprint density at radius 1 is 0.931 bits per heavy atom. The standard InChI is InChI=1S/C22H20F3N3O/c23-22(24,25)19-8-10-20(11-9-19)27-21(29)28(16-18-7-4-13-26-15-18)14-12-17-5-2-1-3-6-17/h1-11,13,15H,12,14,16H2,(H,27,29). The number of carbonyl (C=O) groups is 1. The Labute approximate surface area is 167 Å². The van der Waals surface area contributed by atoms with Crippen molar-refractivity contribution in [2.24, 2.45) is 0 Å². The van der Waals surface area contributed by atoms with Gasteiger partial charge in [0, 0.05) is 31.2 Å². The lowest BCUT2D eigenvalue weighted by Crippen LogP contribution is -2.36. The minimum absolute atomic E-state index is 0.305. The molecule has 7 heteroatoms. The molecule has 2 amide bonds. The van der Waals surface area contributed by atoms with Crippen LogP contribution in [0, 0.1) is 0 Å². The number of alkyl halides is 3. The van der Waals surface area contributed by atoms with E-state index in [2.05, 4.69) is 10.3 Å². The summed E-state index contributed by atoms with van der Waals surface area (Å²) in [7, 11) is 0. The molecular weight excluding hydrogens is 379 g/mol. The monoisotopic (exact) mass is 399 g/mol. The Bertz CT molecular complexity index is 914. The number of nitrogens with zero attached hydrogens (tertiary/aromatic N) is 2. The van der Waals surface area contributed by atoms with Crippen molar-refractivity contribution in [3.63, 3.8) is 0 Å². The summed E-state index contributed by atoms with van der Waals surface area (Å²) in [5.41, 5.74) is 1.50. The summed E-state index contributed by atoms with van der Waals surface area (Å²) in [6.07, 6.45) is -0.424. The van der Waals surface area contributed by atoms with E-state index < -0.39 is 11.7 Å². The van der Waals surface area contributed by atoms with Gasteiger partial charge in [-0.1, -0.05) is 36.4 Å². The van der Waals surface area contributed by atoms with Gasteiger partial charge >= 0.3 is 12.2 Å². The van der Waals surface area contributed by atoms with E-state index in [0.29, 0.717) is 25.2 Å². The number of anilines is 1. The van der Waals surface area contributed by atoms with Gasteiger partial charge in [-0.25, -0.2) is 4.79 Å². The fourth-order valence-corrected chi connectivity index (χ4v) is 2.82. The number of halogens is 3. The second-order valence-corrected chi connectivity index (χ2v) is 6.52. The smallest absolute Gasteiger partial charge is 0.320 e. The van der Waals surface area contributed by atoms with Crippen molar-refractivity contribution >= 4 is 11.7 Å². The van der Waals surface area contributed by atoms with Gasteiger partial charge in [-0.3, -0.25) is 4.98 Å². The van der Waals surface area contributed by atoms with Crippen molar-refractivity contribution in [1.82, 2.24) is 9.88 Å². The quantitative estimate of drug-likeness (QED) is 0.605. The van der Waals surface area contributed by atoms with Crippen LogP contribution in [-0.4, -0.2) is 22.5 Å². The third kappa shape index (κ3) is 6.07. The zero-order chi connectivity index (χ0) is 20.7. The van der Waals surface area contributed by atoms with Crippen LogP contribution in [0.2, 0.25) is 0 Å². The van der Waals surface area contributed by atoms with Gasteiger partial charge in [0.2, 0.25) is 0 Å². The highest BCUT2D eigenvalue weighted by molar-refractivity contribution is 5.89. The van der Waals surface area contributed by atoms with Crippen molar-refractivity contribution in [2.75, 3.05) is 11.9 Å². The number of nitrogens with one attached hydrogen (secondary N) is 1. The second kappa shape index (κ2) is 9.23. The number of hydrogen-bond donors (Lipinski definition) is 1. The number of carbonyl (C=O) groups excluding carboxylic acids is 1. The molecule has 0 aliphatic heterocycles. The summed E-state index contributed by atoms with van der Waals surface area (Å²) in [6, 6.07) is 17.4. The molecule has 0 spiro atoms. The second-order valence-electron chi connectivity index (χ2n) is 6.52. The van der Waals surface area contributed by atoms with E-state index in [1.54, 1.807) is 23.4 Å². The van der Waals surface area contributed by atoms with Crippen molar-refractivity contribution in [1.29, 1.82) is 0 Å². The molecule has 3 rings (SSSR count). The normalized spacial score (nSPS) is 11.1. The van der Waals surface area contributed by atoms with Crippen molar-refractivity contribution in [3.05, 3.63) is 95.8 Å². The zero-order valence-electron chi connectivity index (χ0n) is 15.6. The lowest BCUT2D eigenvalue weighted by Gasteiger charge is -2.23. The molecule has 150 valence electrons. The molecule has 0 aliphatic carbocycles. The molecular formula is C22H20F3N3O. The van der Waals surface area contributed by atoms with Gasteiger partial charge in [-0.15, -0.1) is 0 Å². The van der Waals surface area contributed by atoms with Crippen LogP contribution in [0.15, 0.2) is 79.1 Å². The van der Waals surface area contributed by atoms with Gasteiger partial charge < -0.3 is 10.2 Å². The van der Waals surface area contributed by atoms with Gasteiger partial charge in [0.1, 0.15) is 0 Å². The average Bonchev–Trinajstić information content (AvgIpc) is 2.72. The van der Waals surface area contributed by atoms with Crippen LogP contribution in [0.25, 0.3) is 0 Å². The lowest BCUT2D eigenvalue weighted by atomic mass is 10.1. The first-order chi connectivity index (χ1) is 13.9. The molecule has 0 radical (unpaired) electrons. The SMILES string of the molecule is O=C(Nc1ccc(C(F)(F)F)cc1)N(CCc1ccccc1)Cc1cccnc1. The predicted octanol–water partition coefficient (Wildman–Crippen LogP) is 5.38. The van der Waals surface area contributed by atoms with Gasteiger partial charge in [-0.2, -0.15) is 13.2 Å². The topological polar surface area (TPSA) is 45.2 Å². The molecule has 0 atom stereocenters. The molecule has 0 saturated heterocycles. The minimum atomic E-state index is -4.41. The summed E-state index contributed by atoms with van der Waals surface area (Å²) in [5.74, 6) is 0. The molecule has 0 aliphatic rings. The summed E-state index contributed by atoms with van der Waals surface area (Å²) in [5, 5.41) is 2.68. The Hall–Kier alpha value is -3.35. The van der Waals surface area contributed by atoms with Crippen LogP contribution in [0.1, 0.15) is 16.7 Å². The largest absolute Gasteiger partial charge is 0.416 e. The van der Waals surface area contributed by atoms with E-state index in [-0.39, 0.29) is 6.03 Å². The highest BCUT2D eigenvalue weighted by atomic mass is 19.4. The van der Waals surface area contributed by atoms with Crippen LogP contribution < -0.4 is 5.32 Å². The summed E-state index contributed by atoms with van der Waals surface area (Å²) in [4.78, 5) is 18.5. The third-order valence-electron chi connectivity index (χ3n) is 4.36. The van der Waals surface area contributed by atoms with E-state index in [4.69, 9.17) is 0 Å². The van der Waals surface area contributed by atoms with E-state index in [0.717, 1.165) is 23.3 Å². The number of rotatable bonds is 6. The van der Waals surface area contributed by atoms with E-state index in [9.17, 15) is 18.0 Å². The number of hydrogen-bond acceptors (Lipinski definition) is 2. The number of urea groups is 1. The Morgan fingerprint density at radius 3 is 2.24 bits per heavy atom. The first-order valence-electron chi connectivity index (χ1n) is 9.08. The molecule has 0 fully saturated rings. The molecule has 2 aromatic carbocycles. The van der Waals surface area contributed by atoms with Gasteiger partial charge in [0.15, 0.2) is 0 Å². The lowest BCUT2D eigenvalue weighted by molar-refractivity contribution is -0.137. The van der Waals surface area contributed by atoms with Crippen LogP contribution >= 0.6 is 0 Å². The first-order valence-corrected chi connectivity index (χ1v) is 9.08. The number of amides is 2. The fourth-order valence-electron chi connectivity index (χ4n) is 2.82. The molecule has 4 nitrogen and oxygen atoms in total. The predicted molar refractivity (Wildman–Crippen MR) is 105 cm³/mol. The Balaban J connectivity index is 1.70. The maximum Gasteiger partial charge on any atom is 0.416 e. The molecule has 1 N–H and O–H groups in total. The maximum absolute atomic E-state index is 12.8. The summed E-state index contributed by atoms with van der Waals surface area (Å²) >= 11 is 0. The van der Waals surface area contributed by atoms with Crippen LogP contribution in [-0.2, 0) is 19.1 Å². The van der Waals surface area contributed by atoms with Crippen LogP contribution in [0.5, 0.6) is 0 Å². The van der Waals surface area contributed by atoms with Crippen LogP contribution in [0.3, 0.4) is 0 Å². The molecule has 1 heterocycles. The Morgan fingerprint density at radius 2 is 1.62 bits per heavy atom. The molecule has 0 unspecified atom stereocenters. The van der Waals surface area contributed by atoms with Crippen LogP contribution in [0.4, 0.5) is 23.7 Å². The summed E-state index contributed by atoms with van der Waals surface area (Å²) < 4.78 is 38.1. The Kier molecular flexibility index (Phi) is 6.49. The van der Waals surface area contributed by atoms with Crippen molar-refractivity contribution < 1.29 is 18.0 Å². The van der Waals surface area contributed by atoms with Crippen molar-refractivity contribution in [3.8, 4) is 0 Å². The van der Waals surface area contributed by atoms with E-state index >= 15 is 0 Å². The molecule has 0 saturated carbocycles. The third-order valence-corrected chi connectivity index (χ3v) is 4.36. The number of pyridine rings is 1. The maximum atomic E-state index is 12.8. The fraction of sp³-hybridized carbons (Fsp3) is 0.182. The molecule has 0 bridgehead atoms.